The van der Waals surface area contributed by atoms with Gasteiger partial charge in [-0.3, -0.25) is 9.89 Å². The number of nitrogens with one attached hydrogen (secondary N) is 2. The van der Waals surface area contributed by atoms with E-state index in [1.807, 2.05) is 7.05 Å². The van der Waals surface area contributed by atoms with Gasteiger partial charge in [0.1, 0.15) is 11.9 Å². The van der Waals surface area contributed by atoms with Crippen LogP contribution in [0.2, 0.25) is 0 Å². The number of aryl methyl sites for hydroxylation is 1. The maximum atomic E-state index is 6.20. The van der Waals surface area contributed by atoms with Crippen molar-refractivity contribution in [2.75, 3.05) is 39.9 Å². The van der Waals surface area contributed by atoms with Crippen LogP contribution in [-0.4, -0.2) is 62.9 Å². The van der Waals surface area contributed by atoms with Crippen molar-refractivity contribution in [3.63, 3.8) is 0 Å². The molecule has 0 saturated carbocycles. The van der Waals surface area contributed by atoms with E-state index in [9.17, 15) is 0 Å². The predicted octanol–water partition coefficient (Wildman–Crippen LogP) is 2.70. The summed E-state index contributed by atoms with van der Waals surface area (Å²) in [4.78, 5) is 6.99. The van der Waals surface area contributed by atoms with Crippen LogP contribution in [-0.2, 0) is 11.3 Å². The minimum Gasteiger partial charge on any atom is -0.488 e. The number of hydrogen-bond donors (Lipinski definition) is 2. The number of nitrogens with zero attached hydrogens (tertiary/aromatic N) is 2. The fourth-order valence-corrected chi connectivity index (χ4v) is 3.96. The lowest BCUT2D eigenvalue weighted by Gasteiger charge is -2.27. The molecule has 0 aromatic heterocycles. The van der Waals surface area contributed by atoms with E-state index >= 15 is 0 Å². The van der Waals surface area contributed by atoms with Gasteiger partial charge in [-0.1, -0.05) is 19.1 Å². The normalized spacial score (nSPS) is 21.7. The molecule has 6 heteroatoms. The second-order valence-corrected chi connectivity index (χ2v) is 7.83. The summed E-state index contributed by atoms with van der Waals surface area (Å²) in [6, 6.07) is 6.96. The Labute approximate surface area is 169 Å². The zero-order chi connectivity index (χ0) is 19.8. The van der Waals surface area contributed by atoms with Crippen molar-refractivity contribution in [1.82, 2.24) is 15.5 Å². The highest BCUT2D eigenvalue weighted by Crippen LogP contribution is 2.23. The fraction of sp³-hybridized carbons (Fsp3) is 0.682. The third kappa shape index (κ3) is 5.85. The number of hydrogen-bond acceptors (Lipinski definition) is 4. The summed E-state index contributed by atoms with van der Waals surface area (Å²) in [6.07, 6.45) is 4.92. The monoisotopic (exact) mass is 388 g/mol. The van der Waals surface area contributed by atoms with Crippen LogP contribution in [0.5, 0.6) is 5.75 Å². The molecule has 0 spiro atoms. The smallest absolute Gasteiger partial charge is 0.191 e. The summed E-state index contributed by atoms with van der Waals surface area (Å²) in [6.45, 7) is 9.89. The van der Waals surface area contributed by atoms with E-state index in [1.165, 1.54) is 31.5 Å². The van der Waals surface area contributed by atoms with Gasteiger partial charge in [0.15, 0.2) is 5.96 Å². The van der Waals surface area contributed by atoms with Crippen molar-refractivity contribution in [3.05, 3.63) is 29.3 Å². The molecule has 1 aromatic rings. The van der Waals surface area contributed by atoms with E-state index < -0.39 is 0 Å². The molecule has 3 rings (SSSR count). The van der Waals surface area contributed by atoms with E-state index in [4.69, 9.17) is 9.47 Å². The molecular formula is C22H36N4O2. The molecule has 0 amide bonds. The van der Waals surface area contributed by atoms with Crippen molar-refractivity contribution in [2.45, 2.75) is 58.2 Å². The van der Waals surface area contributed by atoms with Crippen LogP contribution >= 0.6 is 0 Å². The number of aliphatic imine (C=N–C) groups is 1. The first-order valence-corrected chi connectivity index (χ1v) is 10.7. The van der Waals surface area contributed by atoms with Gasteiger partial charge in [-0.15, -0.1) is 0 Å². The molecule has 156 valence electrons. The summed E-state index contributed by atoms with van der Waals surface area (Å²) in [5.74, 6) is 1.79. The summed E-state index contributed by atoms with van der Waals surface area (Å²) in [5.41, 5.74) is 2.35. The molecule has 0 aliphatic carbocycles. The van der Waals surface area contributed by atoms with Gasteiger partial charge in [0.05, 0.1) is 13.2 Å². The Morgan fingerprint density at radius 3 is 2.82 bits per heavy atom. The van der Waals surface area contributed by atoms with Crippen LogP contribution in [0.25, 0.3) is 0 Å². The number of rotatable bonds is 8. The molecule has 1 aromatic carbocycles. The molecule has 28 heavy (non-hydrogen) atoms. The molecule has 0 radical (unpaired) electrons. The van der Waals surface area contributed by atoms with Gasteiger partial charge in [-0.05, 0) is 50.9 Å². The van der Waals surface area contributed by atoms with E-state index in [1.54, 1.807) is 0 Å². The number of likely N-dealkylation sites (tertiary alicyclic amines) is 1. The molecule has 2 heterocycles. The molecule has 0 bridgehead atoms. The third-order valence-corrected chi connectivity index (χ3v) is 5.71. The Hall–Kier alpha value is -1.79. The molecule has 2 unspecified atom stereocenters. The quantitative estimate of drug-likeness (QED) is 0.530. The van der Waals surface area contributed by atoms with Crippen LogP contribution in [0.4, 0.5) is 0 Å². The Morgan fingerprint density at radius 1 is 1.32 bits per heavy atom. The molecule has 2 saturated heterocycles. The van der Waals surface area contributed by atoms with Crippen LogP contribution < -0.4 is 15.4 Å². The largest absolute Gasteiger partial charge is 0.488 e. The van der Waals surface area contributed by atoms with Crippen LogP contribution in [0.3, 0.4) is 0 Å². The number of benzene rings is 1. The van der Waals surface area contributed by atoms with Gasteiger partial charge in [-0.25, -0.2) is 0 Å². The third-order valence-electron chi connectivity index (χ3n) is 5.71. The van der Waals surface area contributed by atoms with Gasteiger partial charge >= 0.3 is 0 Å². The Balaban J connectivity index is 1.54. The summed E-state index contributed by atoms with van der Waals surface area (Å²) < 4.78 is 11.7. The lowest BCUT2D eigenvalue weighted by Crippen LogP contribution is -2.46. The molecular weight excluding hydrogens is 352 g/mol. The fourth-order valence-electron chi connectivity index (χ4n) is 3.96. The summed E-state index contributed by atoms with van der Waals surface area (Å²) in [5, 5.41) is 6.96. The lowest BCUT2D eigenvalue weighted by atomic mass is 10.1. The van der Waals surface area contributed by atoms with E-state index in [0.29, 0.717) is 19.2 Å². The average Bonchev–Trinajstić information content (AvgIpc) is 3.40. The van der Waals surface area contributed by atoms with Crippen molar-refractivity contribution in [1.29, 1.82) is 0 Å². The Morgan fingerprint density at radius 2 is 2.14 bits per heavy atom. The van der Waals surface area contributed by atoms with Crippen molar-refractivity contribution >= 4 is 5.96 Å². The van der Waals surface area contributed by atoms with Gasteiger partial charge < -0.3 is 20.1 Å². The van der Waals surface area contributed by atoms with Crippen LogP contribution in [0.1, 0.15) is 43.7 Å². The standard InChI is InChI=1S/C22H36N4O2/c1-4-19(26-10-5-6-11-26)15-25-22(23-3)24-14-18-8-7-17(2)13-21(18)28-20-9-12-27-16-20/h7-8,13,19-20H,4-6,9-12,14-16H2,1-3H3,(H2,23,24,25). The molecule has 2 aliphatic rings. The van der Waals surface area contributed by atoms with Crippen LogP contribution in [0, 0.1) is 6.92 Å². The molecule has 2 atom stereocenters. The SMILES string of the molecule is CCC(CNC(=NC)NCc1ccc(C)cc1OC1CCOC1)N1CCCC1. The van der Waals surface area contributed by atoms with Crippen LogP contribution in [0.15, 0.2) is 23.2 Å². The maximum Gasteiger partial charge on any atom is 0.191 e. The molecule has 2 N–H and O–H groups in total. The molecule has 2 fully saturated rings. The van der Waals surface area contributed by atoms with Gasteiger partial charge in [0.2, 0.25) is 0 Å². The maximum absolute atomic E-state index is 6.20. The second-order valence-electron chi connectivity index (χ2n) is 7.83. The first-order valence-electron chi connectivity index (χ1n) is 10.7. The first kappa shape index (κ1) is 20.9. The highest BCUT2D eigenvalue weighted by Gasteiger charge is 2.21. The predicted molar refractivity (Wildman–Crippen MR) is 114 cm³/mol. The van der Waals surface area contributed by atoms with Gasteiger partial charge in [-0.2, -0.15) is 0 Å². The van der Waals surface area contributed by atoms with Crippen molar-refractivity contribution in [2.24, 2.45) is 4.99 Å². The number of ether oxygens (including phenoxy) is 2. The molecule has 2 aliphatic heterocycles. The lowest BCUT2D eigenvalue weighted by molar-refractivity contribution is 0.140. The zero-order valence-corrected chi connectivity index (χ0v) is 17.7. The van der Waals surface area contributed by atoms with Crippen molar-refractivity contribution < 1.29 is 9.47 Å². The van der Waals surface area contributed by atoms with Gasteiger partial charge in [0, 0.05) is 38.2 Å². The topological polar surface area (TPSA) is 58.1 Å². The highest BCUT2D eigenvalue weighted by atomic mass is 16.5. The highest BCUT2D eigenvalue weighted by molar-refractivity contribution is 5.79. The summed E-state index contributed by atoms with van der Waals surface area (Å²) in [7, 11) is 1.83. The first-order chi connectivity index (χ1) is 13.7. The minimum absolute atomic E-state index is 0.156. The Bertz CT molecular complexity index is 637. The van der Waals surface area contributed by atoms with E-state index in [2.05, 4.69) is 52.6 Å². The zero-order valence-electron chi connectivity index (χ0n) is 17.7. The molecule has 6 nitrogen and oxygen atoms in total. The van der Waals surface area contributed by atoms with E-state index in [0.717, 1.165) is 43.3 Å². The van der Waals surface area contributed by atoms with Crippen molar-refractivity contribution in [3.8, 4) is 5.75 Å². The minimum atomic E-state index is 0.156. The Kier molecular flexibility index (Phi) is 7.98. The summed E-state index contributed by atoms with van der Waals surface area (Å²) >= 11 is 0. The van der Waals surface area contributed by atoms with Gasteiger partial charge in [0.25, 0.3) is 0 Å². The average molecular weight is 389 g/mol. The second kappa shape index (κ2) is 10.7. The van der Waals surface area contributed by atoms with E-state index in [-0.39, 0.29) is 6.10 Å². The number of guanidine groups is 1.